The molecule has 0 bridgehead atoms. The molecule has 1 atom stereocenters. The summed E-state index contributed by atoms with van der Waals surface area (Å²) < 4.78 is 1.99. The van der Waals surface area contributed by atoms with Crippen LogP contribution in [0.5, 0.6) is 0 Å². The van der Waals surface area contributed by atoms with E-state index in [9.17, 15) is 0 Å². The molecule has 0 saturated carbocycles. The van der Waals surface area contributed by atoms with Gasteiger partial charge in [0.05, 0.1) is 17.4 Å². The summed E-state index contributed by atoms with van der Waals surface area (Å²) >= 11 is 0. The third kappa shape index (κ3) is 3.80. The smallest absolute Gasteiger partial charge is 0.0859 e. The summed E-state index contributed by atoms with van der Waals surface area (Å²) in [7, 11) is 0. The van der Waals surface area contributed by atoms with E-state index >= 15 is 0 Å². The van der Waals surface area contributed by atoms with Crippen molar-refractivity contribution in [3.63, 3.8) is 0 Å². The highest BCUT2D eigenvalue weighted by atomic mass is 15.4. The number of rotatable bonds is 5. The van der Waals surface area contributed by atoms with Crippen LogP contribution in [0.3, 0.4) is 0 Å². The molecule has 2 aromatic rings. The molecule has 1 fully saturated rings. The van der Waals surface area contributed by atoms with E-state index in [4.69, 9.17) is 0 Å². The van der Waals surface area contributed by atoms with Gasteiger partial charge in [-0.15, -0.1) is 5.10 Å². The maximum Gasteiger partial charge on any atom is 0.0859 e. The van der Waals surface area contributed by atoms with Crippen molar-refractivity contribution in [2.75, 3.05) is 13.1 Å². The van der Waals surface area contributed by atoms with Gasteiger partial charge in [0.2, 0.25) is 0 Å². The van der Waals surface area contributed by atoms with Crippen LogP contribution in [-0.4, -0.2) is 49.2 Å². The highest BCUT2D eigenvalue weighted by molar-refractivity contribution is 5.09. The quantitative estimate of drug-likeness (QED) is 0.921. The largest absolute Gasteiger partial charge is 0.301 e. The Morgan fingerprint density at radius 2 is 2.00 bits per heavy atom. The van der Waals surface area contributed by atoms with Crippen LogP contribution < -0.4 is 0 Å². The summed E-state index contributed by atoms with van der Waals surface area (Å²) in [6.07, 6.45) is 5.38. The number of piperidine rings is 1. The minimum atomic E-state index is 0.273. The number of aryl methyl sites for hydroxylation is 1. The second-order valence-corrected chi connectivity index (χ2v) is 7.12. The molecule has 0 aromatic carbocycles. The Bertz CT molecular complexity index is 621. The normalized spacial score (nSPS) is 18.7. The molecule has 0 unspecified atom stereocenters. The number of hydrogen-bond acceptors (Lipinski definition) is 4. The van der Waals surface area contributed by atoms with E-state index < -0.39 is 0 Å². The molecule has 2 aromatic heterocycles. The van der Waals surface area contributed by atoms with Gasteiger partial charge in [-0.2, -0.15) is 5.10 Å². The third-order valence-electron chi connectivity index (χ3n) is 4.92. The van der Waals surface area contributed by atoms with Gasteiger partial charge in [-0.1, -0.05) is 5.21 Å². The van der Waals surface area contributed by atoms with Gasteiger partial charge >= 0.3 is 0 Å². The van der Waals surface area contributed by atoms with Crippen molar-refractivity contribution in [1.82, 2.24) is 30.1 Å². The van der Waals surface area contributed by atoms with E-state index in [-0.39, 0.29) is 6.04 Å². The fraction of sp³-hybridized carbons (Fsp3) is 0.706. The van der Waals surface area contributed by atoms with Crippen molar-refractivity contribution < 1.29 is 0 Å². The van der Waals surface area contributed by atoms with Gasteiger partial charge in [-0.05, 0) is 59.7 Å². The number of aromatic amines is 1. The highest BCUT2D eigenvalue weighted by Crippen LogP contribution is 2.27. The maximum atomic E-state index is 4.44. The standard InChI is InChI=1S/C17H28N6/c1-12(2)22-7-5-15(6-8-22)17-11-23(21-20-17)14(4)10-16-9-13(3)18-19-16/h9,11-12,14-15H,5-8,10H2,1-4H3,(H,18,19)/t14-/m0/s1. The molecule has 1 aliphatic heterocycles. The number of H-pyrrole nitrogens is 1. The van der Waals surface area contributed by atoms with Gasteiger partial charge in [0.15, 0.2) is 0 Å². The average molecular weight is 316 g/mol. The van der Waals surface area contributed by atoms with Gasteiger partial charge in [-0.3, -0.25) is 5.10 Å². The van der Waals surface area contributed by atoms with Crippen LogP contribution in [0.2, 0.25) is 0 Å². The lowest BCUT2D eigenvalue weighted by molar-refractivity contribution is 0.171. The lowest BCUT2D eigenvalue weighted by Gasteiger charge is -2.33. The average Bonchev–Trinajstić information content (AvgIpc) is 3.16. The van der Waals surface area contributed by atoms with Crippen LogP contribution in [0, 0.1) is 6.92 Å². The number of aromatic nitrogens is 5. The molecule has 0 radical (unpaired) electrons. The summed E-state index contributed by atoms with van der Waals surface area (Å²) in [4.78, 5) is 2.55. The molecule has 0 spiro atoms. The Morgan fingerprint density at radius 3 is 2.61 bits per heavy atom. The van der Waals surface area contributed by atoms with E-state index in [0.717, 1.165) is 36.6 Å². The Morgan fingerprint density at radius 1 is 1.26 bits per heavy atom. The third-order valence-corrected chi connectivity index (χ3v) is 4.92. The van der Waals surface area contributed by atoms with Crippen LogP contribution in [-0.2, 0) is 6.42 Å². The van der Waals surface area contributed by atoms with E-state index in [0.29, 0.717) is 12.0 Å². The molecule has 1 aliphatic rings. The fourth-order valence-corrected chi connectivity index (χ4v) is 3.38. The molecule has 3 heterocycles. The zero-order valence-electron chi connectivity index (χ0n) is 14.7. The monoisotopic (exact) mass is 316 g/mol. The topological polar surface area (TPSA) is 62.6 Å². The molecular weight excluding hydrogens is 288 g/mol. The van der Waals surface area contributed by atoms with Crippen LogP contribution in [0.15, 0.2) is 12.3 Å². The van der Waals surface area contributed by atoms with Crippen molar-refractivity contribution in [3.05, 3.63) is 29.3 Å². The zero-order valence-corrected chi connectivity index (χ0v) is 14.7. The Kier molecular flexibility index (Phi) is 4.80. The van der Waals surface area contributed by atoms with Crippen LogP contribution >= 0.6 is 0 Å². The maximum absolute atomic E-state index is 4.44. The van der Waals surface area contributed by atoms with Crippen molar-refractivity contribution in [3.8, 4) is 0 Å². The second kappa shape index (κ2) is 6.83. The molecule has 6 nitrogen and oxygen atoms in total. The van der Waals surface area contributed by atoms with Crippen LogP contribution in [0.1, 0.15) is 62.7 Å². The number of nitrogens with zero attached hydrogens (tertiary/aromatic N) is 5. The summed E-state index contributed by atoms with van der Waals surface area (Å²) in [6, 6.07) is 3.01. The first-order chi connectivity index (χ1) is 11.0. The Labute approximate surface area is 138 Å². The summed E-state index contributed by atoms with van der Waals surface area (Å²) in [5.41, 5.74) is 3.33. The molecule has 23 heavy (non-hydrogen) atoms. The predicted molar refractivity (Wildman–Crippen MR) is 90.4 cm³/mol. The fourth-order valence-electron chi connectivity index (χ4n) is 3.38. The van der Waals surface area contributed by atoms with Gasteiger partial charge in [0, 0.05) is 30.3 Å². The molecule has 0 amide bonds. The van der Waals surface area contributed by atoms with Crippen molar-refractivity contribution >= 4 is 0 Å². The van der Waals surface area contributed by atoms with E-state index in [1.807, 2.05) is 11.6 Å². The minimum absolute atomic E-state index is 0.273. The summed E-state index contributed by atoms with van der Waals surface area (Å²) in [6.45, 7) is 11.1. The van der Waals surface area contributed by atoms with E-state index in [1.165, 1.54) is 12.8 Å². The molecule has 126 valence electrons. The first-order valence-electron chi connectivity index (χ1n) is 8.69. The molecule has 6 heteroatoms. The Balaban J connectivity index is 1.59. The van der Waals surface area contributed by atoms with Crippen molar-refractivity contribution in [2.24, 2.45) is 0 Å². The van der Waals surface area contributed by atoms with Gasteiger partial charge in [-0.25, -0.2) is 4.68 Å². The first-order valence-corrected chi connectivity index (χ1v) is 8.69. The number of likely N-dealkylation sites (tertiary alicyclic amines) is 1. The Hall–Kier alpha value is -1.69. The van der Waals surface area contributed by atoms with Crippen LogP contribution in [0.25, 0.3) is 0 Å². The zero-order chi connectivity index (χ0) is 16.4. The highest BCUT2D eigenvalue weighted by Gasteiger charge is 2.24. The molecular formula is C17H28N6. The van der Waals surface area contributed by atoms with Crippen LogP contribution in [0.4, 0.5) is 0 Å². The number of hydrogen-bond donors (Lipinski definition) is 1. The van der Waals surface area contributed by atoms with Gasteiger partial charge < -0.3 is 4.90 Å². The predicted octanol–water partition coefficient (Wildman–Crippen LogP) is 2.70. The lowest BCUT2D eigenvalue weighted by Crippen LogP contribution is -2.37. The summed E-state index contributed by atoms with van der Waals surface area (Å²) in [5, 5.41) is 16.1. The molecule has 0 aliphatic carbocycles. The van der Waals surface area contributed by atoms with E-state index in [2.05, 4.69) is 58.4 Å². The van der Waals surface area contributed by atoms with E-state index in [1.54, 1.807) is 0 Å². The lowest BCUT2D eigenvalue weighted by atomic mass is 9.93. The first kappa shape index (κ1) is 16.2. The SMILES string of the molecule is Cc1cc(C[C@H](C)n2cc(C3CCN(C(C)C)CC3)nn2)n[nH]1. The second-order valence-electron chi connectivity index (χ2n) is 7.12. The van der Waals surface area contributed by atoms with Crippen molar-refractivity contribution in [1.29, 1.82) is 0 Å². The van der Waals surface area contributed by atoms with Gasteiger partial charge in [0.25, 0.3) is 0 Å². The summed E-state index contributed by atoms with van der Waals surface area (Å²) in [5.74, 6) is 0.554. The minimum Gasteiger partial charge on any atom is -0.301 e. The van der Waals surface area contributed by atoms with Crippen molar-refractivity contribution in [2.45, 2.75) is 65.0 Å². The van der Waals surface area contributed by atoms with Gasteiger partial charge in [0.1, 0.15) is 0 Å². The molecule has 1 N–H and O–H groups in total. The molecule has 1 saturated heterocycles. The number of nitrogens with one attached hydrogen (secondary N) is 1. The molecule has 3 rings (SSSR count).